The standard InChI is InChI=1S/C5H10N2O3/c1-6-5(10)7-4(9)2-3-8/h8H,2-3H2,1H3,(H2,6,7,9,10). The van der Waals surface area contributed by atoms with Gasteiger partial charge in [0.15, 0.2) is 0 Å². The molecule has 0 aliphatic rings. The number of nitrogens with one attached hydrogen (secondary N) is 2. The summed E-state index contributed by atoms with van der Waals surface area (Å²) in [6.07, 6.45) is -0.0482. The molecule has 0 aromatic heterocycles. The first-order valence-electron chi connectivity index (χ1n) is 2.83. The summed E-state index contributed by atoms with van der Waals surface area (Å²) in [5.74, 6) is -0.484. The minimum Gasteiger partial charge on any atom is -0.396 e. The van der Waals surface area contributed by atoms with E-state index in [-0.39, 0.29) is 13.0 Å². The van der Waals surface area contributed by atoms with Crippen LogP contribution in [0.25, 0.3) is 0 Å². The van der Waals surface area contributed by atoms with E-state index in [1.54, 1.807) is 0 Å². The molecule has 0 radical (unpaired) electrons. The highest BCUT2D eigenvalue weighted by molar-refractivity contribution is 5.94. The Morgan fingerprint density at radius 2 is 2.10 bits per heavy atom. The molecule has 3 amide bonds. The molecule has 0 aromatic carbocycles. The summed E-state index contributed by atoms with van der Waals surface area (Å²) >= 11 is 0. The van der Waals surface area contributed by atoms with Crippen LogP contribution in [0.3, 0.4) is 0 Å². The molecule has 0 unspecified atom stereocenters. The molecule has 0 aliphatic heterocycles. The second-order valence-corrected chi connectivity index (χ2v) is 1.60. The maximum absolute atomic E-state index is 10.5. The summed E-state index contributed by atoms with van der Waals surface area (Å²) in [6.45, 7) is -0.247. The number of carbonyl (C=O) groups excluding carboxylic acids is 2. The molecule has 0 heterocycles. The van der Waals surface area contributed by atoms with Gasteiger partial charge in [-0.1, -0.05) is 0 Å². The van der Waals surface area contributed by atoms with Gasteiger partial charge in [0.2, 0.25) is 5.91 Å². The van der Waals surface area contributed by atoms with Crippen LogP contribution >= 0.6 is 0 Å². The summed E-state index contributed by atoms with van der Waals surface area (Å²) in [6, 6.07) is -0.557. The first-order chi connectivity index (χ1) is 4.70. The van der Waals surface area contributed by atoms with E-state index < -0.39 is 11.9 Å². The second kappa shape index (κ2) is 4.75. The summed E-state index contributed by atoms with van der Waals surface area (Å²) in [7, 11) is 1.40. The Hall–Kier alpha value is -1.10. The number of rotatable bonds is 2. The van der Waals surface area contributed by atoms with E-state index in [9.17, 15) is 9.59 Å². The molecule has 0 bridgehead atoms. The van der Waals surface area contributed by atoms with Crippen LogP contribution in [0.1, 0.15) is 6.42 Å². The third-order valence-electron chi connectivity index (χ3n) is 0.819. The van der Waals surface area contributed by atoms with Gasteiger partial charge in [-0.25, -0.2) is 4.79 Å². The normalized spacial score (nSPS) is 8.60. The van der Waals surface area contributed by atoms with Crippen molar-refractivity contribution in [2.24, 2.45) is 0 Å². The van der Waals surface area contributed by atoms with Gasteiger partial charge in [0.25, 0.3) is 0 Å². The molecular weight excluding hydrogens is 136 g/mol. The van der Waals surface area contributed by atoms with E-state index in [0.29, 0.717) is 0 Å². The van der Waals surface area contributed by atoms with E-state index in [4.69, 9.17) is 5.11 Å². The molecule has 0 saturated carbocycles. The molecule has 0 aliphatic carbocycles. The number of hydrogen-bond donors (Lipinski definition) is 3. The molecule has 0 spiro atoms. The van der Waals surface area contributed by atoms with Crippen LogP contribution in [0, 0.1) is 0 Å². The summed E-state index contributed by atoms with van der Waals surface area (Å²) in [5.41, 5.74) is 0. The molecule has 0 rings (SSSR count). The van der Waals surface area contributed by atoms with Crippen molar-refractivity contribution in [1.29, 1.82) is 0 Å². The SMILES string of the molecule is CNC(=O)NC(=O)CCO. The predicted molar refractivity (Wildman–Crippen MR) is 34.3 cm³/mol. The van der Waals surface area contributed by atoms with Crippen molar-refractivity contribution in [1.82, 2.24) is 10.6 Å². The lowest BCUT2D eigenvalue weighted by Gasteiger charge is -1.99. The minimum atomic E-state index is -0.557. The van der Waals surface area contributed by atoms with E-state index in [1.807, 2.05) is 5.32 Å². The van der Waals surface area contributed by atoms with Crippen molar-refractivity contribution in [3.63, 3.8) is 0 Å². The fraction of sp³-hybridized carbons (Fsp3) is 0.600. The zero-order chi connectivity index (χ0) is 7.98. The molecule has 3 N–H and O–H groups in total. The summed E-state index contributed by atoms with van der Waals surface area (Å²) < 4.78 is 0. The Balaban J connectivity index is 3.47. The molecule has 0 atom stereocenters. The van der Waals surface area contributed by atoms with Crippen molar-refractivity contribution in [3.05, 3.63) is 0 Å². The smallest absolute Gasteiger partial charge is 0.321 e. The first-order valence-corrected chi connectivity index (χ1v) is 2.83. The zero-order valence-electron chi connectivity index (χ0n) is 5.68. The van der Waals surface area contributed by atoms with Gasteiger partial charge >= 0.3 is 6.03 Å². The van der Waals surface area contributed by atoms with Gasteiger partial charge in [0.05, 0.1) is 13.0 Å². The Morgan fingerprint density at radius 3 is 2.50 bits per heavy atom. The number of amides is 3. The van der Waals surface area contributed by atoms with E-state index in [0.717, 1.165) is 0 Å². The summed E-state index contributed by atoms with van der Waals surface area (Å²) in [4.78, 5) is 20.9. The third kappa shape index (κ3) is 3.85. The minimum absolute atomic E-state index is 0.0482. The van der Waals surface area contributed by atoms with Crippen LogP contribution in [0.4, 0.5) is 4.79 Å². The second-order valence-electron chi connectivity index (χ2n) is 1.60. The van der Waals surface area contributed by atoms with Gasteiger partial charge in [-0.05, 0) is 0 Å². The average molecular weight is 146 g/mol. The Bertz CT molecular complexity index is 135. The number of imide groups is 1. The zero-order valence-corrected chi connectivity index (χ0v) is 5.68. The number of carbonyl (C=O) groups is 2. The topological polar surface area (TPSA) is 78.4 Å². The lowest BCUT2D eigenvalue weighted by molar-refractivity contribution is -0.120. The number of hydrogen-bond acceptors (Lipinski definition) is 3. The highest BCUT2D eigenvalue weighted by Gasteiger charge is 2.02. The Kier molecular flexibility index (Phi) is 4.23. The van der Waals surface area contributed by atoms with Gasteiger partial charge < -0.3 is 10.4 Å². The van der Waals surface area contributed by atoms with E-state index in [2.05, 4.69) is 5.32 Å². The molecule has 0 saturated heterocycles. The third-order valence-corrected chi connectivity index (χ3v) is 0.819. The largest absolute Gasteiger partial charge is 0.396 e. The quantitative estimate of drug-likeness (QED) is 0.459. The number of aliphatic hydroxyl groups excluding tert-OH is 1. The highest BCUT2D eigenvalue weighted by atomic mass is 16.3. The Morgan fingerprint density at radius 1 is 1.50 bits per heavy atom. The van der Waals surface area contributed by atoms with Gasteiger partial charge in [-0.3, -0.25) is 10.1 Å². The van der Waals surface area contributed by atoms with Crippen molar-refractivity contribution in [2.75, 3.05) is 13.7 Å². The molecule has 10 heavy (non-hydrogen) atoms. The maximum atomic E-state index is 10.5. The molecule has 0 fully saturated rings. The molecule has 0 aromatic rings. The fourth-order valence-electron chi connectivity index (χ4n) is 0.353. The van der Waals surface area contributed by atoms with Gasteiger partial charge in [0.1, 0.15) is 0 Å². The van der Waals surface area contributed by atoms with Crippen LogP contribution in [-0.2, 0) is 4.79 Å². The van der Waals surface area contributed by atoms with Crippen LogP contribution in [0.5, 0.6) is 0 Å². The van der Waals surface area contributed by atoms with Gasteiger partial charge in [0, 0.05) is 7.05 Å². The first kappa shape index (κ1) is 8.90. The average Bonchev–Trinajstić information content (AvgIpc) is 1.88. The highest BCUT2D eigenvalue weighted by Crippen LogP contribution is 1.74. The van der Waals surface area contributed by atoms with Crippen molar-refractivity contribution < 1.29 is 14.7 Å². The molecule has 58 valence electrons. The van der Waals surface area contributed by atoms with Crippen molar-refractivity contribution in [2.45, 2.75) is 6.42 Å². The monoisotopic (exact) mass is 146 g/mol. The number of aliphatic hydroxyl groups is 1. The van der Waals surface area contributed by atoms with Crippen LogP contribution in [-0.4, -0.2) is 30.7 Å². The summed E-state index contributed by atoms with van der Waals surface area (Å²) in [5, 5.41) is 12.4. The lowest BCUT2D eigenvalue weighted by atomic mass is 10.4. The fourth-order valence-corrected chi connectivity index (χ4v) is 0.353. The van der Waals surface area contributed by atoms with E-state index in [1.165, 1.54) is 7.05 Å². The molecular formula is C5H10N2O3. The number of urea groups is 1. The molecule has 5 heteroatoms. The molecule has 5 nitrogen and oxygen atoms in total. The Labute approximate surface area is 58.4 Å². The van der Waals surface area contributed by atoms with Gasteiger partial charge in [-0.2, -0.15) is 0 Å². The maximum Gasteiger partial charge on any atom is 0.321 e. The lowest BCUT2D eigenvalue weighted by Crippen LogP contribution is -2.37. The van der Waals surface area contributed by atoms with Crippen molar-refractivity contribution >= 4 is 11.9 Å². The van der Waals surface area contributed by atoms with Gasteiger partial charge in [-0.15, -0.1) is 0 Å². The van der Waals surface area contributed by atoms with Crippen LogP contribution in [0.15, 0.2) is 0 Å². The van der Waals surface area contributed by atoms with Crippen LogP contribution < -0.4 is 10.6 Å². The van der Waals surface area contributed by atoms with E-state index >= 15 is 0 Å². The van der Waals surface area contributed by atoms with Crippen LogP contribution in [0.2, 0.25) is 0 Å². The van der Waals surface area contributed by atoms with Crippen molar-refractivity contribution in [3.8, 4) is 0 Å². The predicted octanol–water partition coefficient (Wildman–Crippen LogP) is -1.18.